The summed E-state index contributed by atoms with van der Waals surface area (Å²) in [6, 6.07) is 7.76. The van der Waals surface area contributed by atoms with E-state index in [1.54, 1.807) is 0 Å². The van der Waals surface area contributed by atoms with Crippen molar-refractivity contribution in [1.82, 2.24) is 4.98 Å². The van der Waals surface area contributed by atoms with E-state index in [-0.39, 0.29) is 5.76 Å². The third kappa shape index (κ3) is 1.47. The first-order chi connectivity index (χ1) is 6.16. The van der Waals surface area contributed by atoms with E-state index < -0.39 is 0 Å². The average Bonchev–Trinajstić information content (AvgIpc) is 2.46. The lowest BCUT2D eigenvalue weighted by atomic mass is 10.2. The predicted octanol–water partition coefficient (Wildman–Crippen LogP) is 3.46. The molecule has 0 fully saturated rings. The van der Waals surface area contributed by atoms with Crippen LogP contribution in [0.15, 0.2) is 35.3 Å². The first kappa shape index (κ1) is 8.38. The highest BCUT2D eigenvalue weighted by Crippen LogP contribution is 2.22. The third-order valence-electron chi connectivity index (χ3n) is 1.90. The molecule has 1 aromatic heterocycles. The summed E-state index contributed by atoms with van der Waals surface area (Å²) in [5, 5.41) is 10.2. The molecular formula is C10H8BrNO. The van der Waals surface area contributed by atoms with Crippen LogP contribution in [0.3, 0.4) is 0 Å². The van der Waals surface area contributed by atoms with Gasteiger partial charge in [0.2, 0.25) is 0 Å². The highest BCUT2D eigenvalue weighted by atomic mass is 79.9. The zero-order valence-electron chi connectivity index (χ0n) is 6.84. The molecule has 1 heterocycles. The van der Waals surface area contributed by atoms with E-state index in [2.05, 4.69) is 27.5 Å². The first-order valence-electron chi connectivity index (χ1n) is 3.83. The summed E-state index contributed by atoms with van der Waals surface area (Å²) >= 11 is 3.37. The van der Waals surface area contributed by atoms with Crippen molar-refractivity contribution in [3.8, 4) is 0 Å². The fraction of sp³-hybridized carbons (Fsp3) is 0. The number of halogens is 1. The summed E-state index contributed by atoms with van der Waals surface area (Å²) in [6.45, 7) is 3.46. The molecule has 2 aromatic rings. The van der Waals surface area contributed by atoms with Crippen LogP contribution in [0.25, 0.3) is 16.7 Å². The van der Waals surface area contributed by atoms with Crippen molar-refractivity contribution in [2.45, 2.75) is 0 Å². The SMILES string of the molecule is C=C(O)c1cc2ccc(Br)cc2[nH]1. The number of rotatable bonds is 1. The second-order valence-corrected chi connectivity index (χ2v) is 3.78. The van der Waals surface area contributed by atoms with Gasteiger partial charge >= 0.3 is 0 Å². The van der Waals surface area contributed by atoms with Crippen LogP contribution in [0.4, 0.5) is 0 Å². The number of hydrogen-bond donors (Lipinski definition) is 2. The average molecular weight is 238 g/mol. The molecular weight excluding hydrogens is 230 g/mol. The third-order valence-corrected chi connectivity index (χ3v) is 2.39. The van der Waals surface area contributed by atoms with E-state index in [4.69, 9.17) is 5.11 Å². The molecule has 0 saturated carbocycles. The topological polar surface area (TPSA) is 36.0 Å². The highest BCUT2D eigenvalue weighted by molar-refractivity contribution is 9.10. The van der Waals surface area contributed by atoms with Crippen molar-refractivity contribution in [2.24, 2.45) is 0 Å². The van der Waals surface area contributed by atoms with E-state index in [1.165, 1.54) is 0 Å². The van der Waals surface area contributed by atoms with Crippen LogP contribution in [-0.2, 0) is 0 Å². The molecule has 0 aliphatic rings. The summed E-state index contributed by atoms with van der Waals surface area (Å²) < 4.78 is 1.01. The van der Waals surface area contributed by atoms with Gasteiger partial charge in [0, 0.05) is 15.4 Å². The largest absolute Gasteiger partial charge is 0.506 e. The van der Waals surface area contributed by atoms with Gasteiger partial charge in [0.05, 0.1) is 5.69 Å². The van der Waals surface area contributed by atoms with E-state index >= 15 is 0 Å². The normalized spacial score (nSPS) is 10.5. The zero-order valence-corrected chi connectivity index (χ0v) is 8.43. The number of fused-ring (bicyclic) bond motifs is 1. The lowest BCUT2D eigenvalue weighted by Crippen LogP contribution is -1.77. The Morgan fingerprint density at radius 3 is 2.85 bits per heavy atom. The maximum atomic E-state index is 9.16. The molecule has 3 heteroatoms. The fourth-order valence-electron chi connectivity index (χ4n) is 1.25. The molecule has 0 amide bonds. The van der Waals surface area contributed by atoms with Crippen molar-refractivity contribution in [1.29, 1.82) is 0 Å². The summed E-state index contributed by atoms with van der Waals surface area (Å²) in [5.74, 6) is 0.0623. The van der Waals surface area contributed by atoms with Gasteiger partial charge in [-0.2, -0.15) is 0 Å². The van der Waals surface area contributed by atoms with Gasteiger partial charge in [0.25, 0.3) is 0 Å². The van der Waals surface area contributed by atoms with E-state index in [1.807, 2.05) is 24.3 Å². The van der Waals surface area contributed by atoms with Crippen LogP contribution in [0.2, 0.25) is 0 Å². The monoisotopic (exact) mass is 237 g/mol. The number of aliphatic hydroxyl groups is 1. The Balaban J connectivity index is 2.68. The quantitative estimate of drug-likeness (QED) is 0.733. The molecule has 0 radical (unpaired) electrons. The van der Waals surface area contributed by atoms with Crippen LogP contribution in [0, 0.1) is 0 Å². The Morgan fingerprint density at radius 1 is 1.38 bits per heavy atom. The number of hydrogen-bond acceptors (Lipinski definition) is 1. The molecule has 1 aromatic carbocycles. The Bertz CT molecular complexity index is 473. The van der Waals surface area contributed by atoms with Crippen LogP contribution < -0.4 is 0 Å². The molecule has 0 saturated heterocycles. The van der Waals surface area contributed by atoms with E-state index in [0.29, 0.717) is 5.69 Å². The van der Waals surface area contributed by atoms with E-state index in [0.717, 1.165) is 15.4 Å². The molecule has 66 valence electrons. The predicted molar refractivity (Wildman–Crippen MR) is 57.7 cm³/mol. The molecule has 0 bridgehead atoms. The summed E-state index contributed by atoms with van der Waals surface area (Å²) in [6.07, 6.45) is 0. The van der Waals surface area contributed by atoms with Gasteiger partial charge in [-0.25, -0.2) is 0 Å². The van der Waals surface area contributed by atoms with Crippen molar-refractivity contribution < 1.29 is 5.11 Å². The second-order valence-electron chi connectivity index (χ2n) is 2.86. The van der Waals surface area contributed by atoms with Gasteiger partial charge in [-0.15, -0.1) is 0 Å². The van der Waals surface area contributed by atoms with Gasteiger partial charge in [-0.05, 0) is 18.2 Å². The van der Waals surface area contributed by atoms with Crippen LogP contribution in [-0.4, -0.2) is 10.1 Å². The van der Waals surface area contributed by atoms with Crippen molar-refractivity contribution >= 4 is 32.6 Å². The van der Waals surface area contributed by atoms with Crippen LogP contribution in [0.1, 0.15) is 5.69 Å². The van der Waals surface area contributed by atoms with Gasteiger partial charge in [-0.3, -0.25) is 0 Å². The van der Waals surface area contributed by atoms with Gasteiger partial charge in [-0.1, -0.05) is 28.6 Å². The molecule has 13 heavy (non-hydrogen) atoms. The summed E-state index contributed by atoms with van der Waals surface area (Å²) in [4.78, 5) is 3.06. The van der Waals surface area contributed by atoms with Crippen molar-refractivity contribution in [3.05, 3.63) is 41.0 Å². The molecule has 0 unspecified atom stereocenters. The maximum Gasteiger partial charge on any atom is 0.131 e. The highest BCUT2D eigenvalue weighted by Gasteiger charge is 2.02. The fourth-order valence-corrected chi connectivity index (χ4v) is 1.62. The Labute approximate surface area is 84.0 Å². The van der Waals surface area contributed by atoms with Crippen LogP contribution >= 0.6 is 15.9 Å². The summed E-state index contributed by atoms with van der Waals surface area (Å²) in [5.41, 5.74) is 1.65. The first-order valence-corrected chi connectivity index (χ1v) is 4.62. The molecule has 0 atom stereocenters. The number of aromatic amines is 1. The number of benzene rings is 1. The molecule has 2 nitrogen and oxygen atoms in total. The van der Waals surface area contributed by atoms with Gasteiger partial charge in [0.1, 0.15) is 5.76 Å². The number of aliphatic hydroxyl groups excluding tert-OH is 1. The Kier molecular flexibility index (Phi) is 1.88. The number of nitrogens with one attached hydrogen (secondary N) is 1. The van der Waals surface area contributed by atoms with Crippen molar-refractivity contribution in [2.75, 3.05) is 0 Å². The number of H-pyrrole nitrogens is 1. The number of aromatic nitrogens is 1. The minimum absolute atomic E-state index is 0.0623. The van der Waals surface area contributed by atoms with Gasteiger partial charge < -0.3 is 10.1 Å². The van der Waals surface area contributed by atoms with E-state index in [9.17, 15) is 0 Å². The lowest BCUT2D eigenvalue weighted by molar-refractivity contribution is 0.511. The van der Waals surface area contributed by atoms with Crippen LogP contribution in [0.5, 0.6) is 0 Å². The summed E-state index contributed by atoms with van der Waals surface area (Å²) in [7, 11) is 0. The molecule has 2 N–H and O–H groups in total. The standard InChI is InChI=1S/C10H8BrNO/c1-6(13)9-4-7-2-3-8(11)5-10(7)12-9/h2-5,12-13H,1H2. The smallest absolute Gasteiger partial charge is 0.131 e. The zero-order chi connectivity index (χ0) is 9.42. The Morgan fingerprint density at radius 2 is 2.15 bits per heavy atom. The van der Waals surface area contributed by atoms with Crippen molar-refractivity contribution in [3.63, 3.8) is 0 Å². The Hall–Kier alpha value is -1.22. The minimum Gasteiger partial charge on any atom is -0.506 e. The molecule has 0 aliphatic carbocycles. The molecule has 2 rings (SSSR count). The molecule has 0 spiro atoms. The lowest BCUT2D eigenvalue weighted by Gasteiger charge is -1.90. The second kappa shape index (κ2) is 2.92. The maximum absolute atomic E-state index is 9.16. The molecule has 0 aliphatic heterocycles. The minimum atomic E-state index is 0.0623. The van der Waals surface area contributed by atoms with Gasteiger partial charge in [0.15, 0.2) is 0 Å².